The Labute approximate surface area is 86.7 Å². The first-order chi connectivity index (χ1) is 6.77. The number of hydrogen-bond acceptors (Lipinski definition) is 2. The third kappa shape index (κ3) is 3.13. The van der Waals surface area contributed by atoms with E-state index in [1.807, 2.05) is 14.1 Å². The van der Waals surface area contributed by atoms with Gasteiger partial charge < -0.3 is 10.6 Å². The van der Waals surface area contributed by atoms with Crippen molar-refractivity contribution in [3.8, 4) is 0 Å². The van der Waals surface area contributed by atoms with Crippen molar-refractivity contribution < 1.29 is 0 Å². The van der Waals surface area contributed by atoms with Gasteiger partial charge in [-0.2, -0.15) is 0 Å². The molecule has 2 nitrogen and oxygen atoms in total. The molecule has 2 N–H and O–H groups in total. The average Bonchev–Trinajstić information content (AvgIpc) is 2.21. The van der Waals surface area contributed by atoms with E-state index in [-0.39, 0.29) is 0 Å². The first-order valence-electron chi connectivity index (χ1n) is 5.16. The van der Waals surface area contributed by atoms with Crippen LogP contribution in [0.3, 0.4) is 0 Å². The van der Waals surface area contributed by atoms with Gasteiger partial charge in [-0.1, -0.05) is 29.8 Å². The van der Waals surface area contributed by atoms with Crippen molar-refractivity contribution in [1.82, 2.24) is 10.6 Å². The van der Waals surface area contributed by atoms with Crippen LogP contribution in [0.2, 0.25) is 0 Å². The van der Waals surface area contributed by atoms with E-state index in [0.717, 1.165) is 13.0 Å². The highest BCUT2D eigenvalue weighted by Crippen LogP contribution is 2.16. The Morgan fingerprint density at radius 2 is 1.79 bits per heavy atom. The van der Waals surface area contributed by atoms with Crippen LogP contribution in [0.5, 0.6) is 0 Å². The highest BCUT2D eigenvalue weighted by atomic mass is 14.9. The SMILES string of the molecule is CNCCC(NC)c1ccc(C)cc1. The zero-order valence-electron chi connectivity index (χ0n) is 9.30. The summed E-state index contributed by atoms with van der Waals surface area (Å²) in [7, 11) is 4.00. The first-order valence-corrected chi connectivity index (χ1v) is 5.16. The molecule has 0 aliphatic heterocycles. The van der Waals surface area contributed by atoms with E-state index < -0.39 is 0 Å². The second-order valence-electron chi connectivity index (χ2n) is 3.64. The normalized spacial score (nSPS) is 12.8. The van der Waals surface area contributed by atoms with Crippen LogP contribution < -0.4 is 10.6 Å². The molecule has 78 valence electrons. The molecule has 0 bridgehead atoms. The maximum absolute atomic E-state index is 3.33. The minimum absolute atomic E-state index is 0.461. The molecule has 0 radical (unpaired) electrons. The Hall–Kier alpha value is -0.860. The van der Waals surface area contributed by atoms with Crippen LogP contribution in [-0.4, -0.2) is 20.6 Å². The van der Waals surface area contributed by atoms with Gasteiger partial charge in [-0.25, -0.2) is 0 Å². The lowest BCUT2D eigenvalue weighted by molar-refractivity contribution is 0.533. The maximum atomic E-state index is 3.33. The van der Waals surface area contributed by atoms with E-state index in [2.05, 4.69) is 41.8 Å². The minimum atomic E-state index is 0.461. The van der Waals surface area contributed by atoms with Gasteiger partial charge >= 0.3 is 0 Å². The van der Waals surface area contributed by atoms with Crippen molar-refractivity contribution in [2.75, 3.05) is 20.6 Å². The van der Waals surface area contributed by atoms with Gasteiger partial charge in [-0.05, 0) is 39.5 Å². The predicted molar refractivity (Wildman–Crippen MR) is 61.5 cm³/mol. The second kappa shape index (κ2) is 5.78. The fourth-order valence-electron chi connectivity index (χ4n) is 1.57. The predicted octanol–water partition coefficient (Wildman–Crippen LogP) is 1.87. The molecule has 14 heavy (non-hydrogen) atoms. The van der Waals surface area contributed by atoms with E-state index in [1.54, 1.807) is 0 Å². The fraction of sp³-hybridized carbons (Fsp3) is 0.500. The highest BCUT2D eigenvalue weighted by Gasteiger charge is 2.07. The summed E-state index contributed by atoms with van der Waals surface area (Å²) in [6, 6.07) is 9.19. The molecule has 0 aliphatic carbocycles. The van der Waals surface area contributed by atoms with Crippen molar-refractivity contribution in [1.29, 1.82) is 0 Å². The molecule has 0 amide bonds. The van der Waals surface area contributed by atoms with E-state index in [0.29, 0.717) is 6.04 Å². The number of hydrogen-bond donors (Lipinski definition) is 2. The summed E-state index contributed by atoms with van der Waals surface area (Å²) in [6.07, 6.45) is 1.12. The Balaban J connectivity index is 2.64. The van der Waals surface area contributed by atoms with Gasteiger partial charge in [0, 0.05) is 6.04 Å². The van der Waals surface area contributed by atoms with E-state index in [4.69, 9.17) is 0 Å². The average molecular weight is 192 g/mol. The van der Waals surface area contributed by atoms with Crippen LogP contribution in [0.4, 0.5) is 0 Å². The van der Waals surface area contributed by atoms with Crippen LogP contribution in [0.1, 0.15) is 23.6 Å². The Bertz CT molecular complexity index is 254. The minimum Gasteiger partial charge on any atom is -0.320 e. The summed E-state index contributed by atoms with van der Waals surface area (Å²) < 4.78 is 0. The number of aryl methyl sites for hydroxylation is 1. The molecule has 0 fully saturated rings. The largest absolute Gasteiger partial charge is 0.320 e. The summed E-state index contributed by atoms with van der Waals surface area (Å²) in [5.41, 5.74) is 2.69. The summed E-state index contributed by atoms with van der Waals surface area (Å²) in [5, 5.41) is 6.51. The quantitative estimate of drug-likeness (QED) is 0.744. The lowest BCUT2D eigenvalue weighted by atomic mass is 10.0. The summed E-state index contributed by atoms with van der Waals surface area (Å²) >= 11 is 0. The summed E-state index contributed by atoms with van der Waals surface area (Å²) in [5.74, 6) is 0. The first kappa shape index (κ1) is 11.2. The van der Waals surface area contributed by atoms with Gasteiger partial charge in [0.2, 0.25) is 0 Å². The van der Waals surface area contributed by atoms with Crippen LogP contribution >= 0.6 is 0 Å². The summed E-state index contributed by atoms with van der Waals surface area (Å²) in [4.78, 5) is 0. The fourth-order valence-corrected chi connectivity index (χ4v) is 1.57. The van der Waals surface area contributed by atoms with Gasteiger partial charge in [-0.3, -0.25) is 0 Å². The third-order valence-electron chi connectivity index (χ3n) is 2.51. The molecule has 0 heterocycles. The zero-order valence-corrected chi connectivity index (χ0v) is 9.30. The Kier molecular flexibility index (Phi) is 4.63. The molecule has 0 saturated carbocycles. The smallest absolute Gasteiger partial charge is 0.0329 e. The zero-order chi connectivity index (χ0) is 10.4. The maximum Gasteiger partial charge on any atom is 0.0329 e. The number of benzene rings is 1. The van der Waals surface area contributed by atoms with Gasteiger partial charge in [0.15, 0.2) is 0 Å². The van der Waals surface area contributed by atoms with Crippen LogP contribution in [-0.2, 0) is 0 Å². The number of rotatable bonds is 5. The van der Waals surface area contributed by atoms with Gasteiger partial charge in [0.25, 0.3) is 0 Å². The Morgan fingerprint density at radius 3 is 2.29 bits per heavy atom. The topological polar surface area (TPSA) is 24.1 Å². The number of nitrogens with one attached hydrogen (secondary N) is 2. The highest BCUT2D eigenvalue weighted by molar-refractivity contribution is 5.24. The third-order valence-corrected chi connectivity index (χ3v) is 2.51. The molecular weight excluding hydrogens is 172 g/mol. The molecule has 1 aromatic rings. The molecule has 0 saturated heterocycles. The molecule has 1 unspecified atom stereocenters. The van der Waals surface area contributed by atoms with Crippen LogP contribution in [0.15, 0.2) is 24.3 Å². The van der Waals surface area contributed by atoms with E-state index in [9.17, 15) is 0 Å². The molecule has 0 aliphatic rings. The Morgan fingerprint density at radius 1 is 1.14 bits per heavy atom. The van der Waals surface area contributed by atoms with Gasteiger partial charge in [0.1, 0.15) is 0 Å². The lowest BCUT2D eigenvalue weighted by Crippen LogP contribution is -2.21. The van der Waals surface area contributed by atoms with Crippen molar-refractivity contribution in [3.63, 3.8) is 0 Å². The molecule has 2 heteroatoms. The molecular formula is C12H20N2. The van der Waals surface area contributed by atoms with Gasteiger partial charge in [0.05, 0.1) is 0 Å². The van der Waals surface area contributed by atoms with Crippen molar-refractivity contribution >= 4 is 0 Å². The van der Waals surface area contributed by atoms with Crippen molar-refractivity contribution in [2.24, 2.45) is 0 Å². The van der Waals surface area contributed by atoms with E-state index in [1.165, 1.54) is 11.1 Å². The summed E-state index contributed by atoms with van der Waals surface area (Å²) in [6.45, 7) is 3.16. The second-order valence-corrected chi connectivity index (χ2v) is 3.64. The van der Waals surface area contributed by atoms with Crippen LogP contribution in [0, 0.1) is 6.92 Å². The molecule has 1 aromatic carbocycles. The van der Waals surface area contributed by atoms with Crippen molar-refractivity contribution in [3.05, 3.63) is 35.4 Å². The van der Waals surface area contributed by atoms with Crippen LogP contribution in [0.25, 0.3) is 0 Å². The molecule has 1 atom stereocenters. The molecule has 0 spiro atoms. The van der Waals surface area contributed by atoms with Crippen molar-refractivity contribution in [2.45, 2.75) is 19.4 Å². The van der Waals surface area contributed by atoms with Gasteiger partial charge in [-0.15, -0.1) is 0 Å². The monoisotopic (exact) mass is 192 g/mol. The molecule has 0 aromatic heterocycles. The molecule has 1 rings (SSSR count). The standard InChI is InChI=1S/C12H20N2/c1-10-4-6-11(7-5-10)12(14-3)8-9-13-2/h4-7,12-14H,8-9H2,1-3H3. The van der Waals surface area contributed by atoms with E-state index >= 15 is 0 Å². The lowest BCUT2D eigenvalue weighted by Gasteiger charge is -2.16.